The second-order valence-electron chi connectivity index (χ2n) is 7.54. The van der Waals surface area contributed by atoms with Gasteiger partial charge in [-0.05, 0) is 62.1 Å². The van der Waals surface area contributed by atoms with Gasteiger partial charge in [0.15, 0.2) is 11.5 Å². The van der Waals surface area contributed by atoms with Crippen LogP contribution in [0.4, 0.5) is 0 Å². The fraction of sp³-hybridized carbons (Fsp3) is 0.391. The summed E-state index contributed by atoms with van der Waals surface area (Å²) < 4.78 is 11.7. The molecule has 0 bridgehead atoms. The summed E-state index contributed by atoms with van der Waals surface area (Å²) in [5.74, 6) is 1.85. The van der Waals surface area contributed by atoms with Crippen molar-refractivity contribution in [3.8, 4) is 5.75 Å². The lowest BCUT2D eigenvalue weighted by molar-refractivity contribution is -0.133. The summed E-state index contributed by atoms with van der Waals surface area (Å²) in [7, 11) is 0. The zero-order chi connectivity index (χ0) is 19.5. The maximum absolute atomic E-state index is 12.7. The number of benzene rings is 2. The van der Waals surface area contributed by atoms with Gasteiger partial charge in [-0.1, -0.05) is 18.2 Å². The van der Waals surface area contributed by atoms with Gasteiger partial charge in [-0.15, -0.1) is 0 Å². The molecule has 1 fully saturated rings. The summed E-state index contributed by atoms with van der Waals surface area (Å²) in [6.07, 6.45) is 2.34. The normalized spacial score (nSPS) is 17.1. The Bertz CT molecular complexity index is 946. The van der Waals surface area contributed by atoms with E-state index in [1.165, 1.54) is 11.1 Å². The Labute approximate surface area is 165 Å². The third kappa shape index (κ3) is 4.03. The van der Waals surface area contributed by atoms with E-state index in [-0.39, 0.29) is 11.8 Å². The number of ether oxygens (including phenoxy) is 1. The molecule has 0 spiro atoms. The van der Waals surface area contributed by atoms with E-state index in [0.717, 1.165) is 42.1 Å². The highest BCUT2D eigenvalue weighted by Gasteiger charge is 2.27. The zero-order valence-electron chi connectivity index (χ0n) is 16.5. The molecule has 5 nitrogen and oxygen atoms in total. The number of hydrogen-bond acceptors (Lipinski definition) is 4. The third-order valence-corrected chi connectivity index (χ3v) is 5.50. The maximum Gasteiger partial charge on any atom is 0.226 e. The predicted molar refractivity (Wildman–Crippen MR) is 109 cm³/mol. The number of nitrogens with zero attached hydrogens (tertiary/aromatic N) is 2. The van der Waals surface area contributed by atoms with Crippen LogP contribution in [-0.2, 0) is 4.79 Å². The number of carbonyl (C=O) groups excluding carboxylic acids is 1. The van der Waals surface area contributed by atoms with Crippen molar-refractivity contribution in [2.24, 2.45) is 0 Å². The van der Waals surface area contributed by atoms with Gasteiger partial charge in [0.05, 0.1) is 18.9 Å². The lowest BCUT2D eigenvalue weighted by atomic mass is 9.98. The van der Waals surface area contributed by atoms with Crippen molar-refractivity contribution in [3.05, 3.63) is 59.5 Å². The van der Waals surface area contributed by atoms with E-state index in [1.807, 2.05) is 47.4 Å². The quantitative estimate of drug-likeness (QED) is 0.650. The SMILES string of the molecule is Cc1ccc(OCCC(=O)N2CCCC(c3nc4ccccc4o3)C2)cc1C. The number of oxazole rings is 1. The Kier molecular flexibility index (Phi) is 5.33. The first-order chi connectivity index (χ1) is 13.6. The largest absolute Gasteiger partial charge is 0.493 e. The lowest BCUT2D eigenvalue weighted by Crippen LogP contribution is -2.39. The monoisotopic (exact) mass is 378 g/mol. The number of fused-ring (bicyclic) bond motifs is 1. The van der Waals surface area contributed by atoms with Crippen LogP contribution in [0.3, 0.4) is 0 Å². The first kappa shape index (κ1) is 18.5. The molecule has 0 saturated carbocycles. The molecule has 5 heteroatoms. The van der Waals surface area contributed by atoms with Crippen LogP contribution in [0.2, 0.25) is 0 Å². The maximum atomic E-state index is 12.7. The molecule has 1 atom stereocenters. The van der Waals surface area contributed by atoms with Crippen LogP contribution in [0.25, 0.3) is 11.1 Å². The summed E-state index contributed by atoms with van der Waals surface area (Å²) in [5, 5.41) is 0. The highest BCUT2D eigenvalue weighted by molar-refractivity contribution is 5.76. The topological polar surface area (TPSA) is 55.6 Å². The van der Waals surface area contributed by atoms with Crippen LogP contribution in [0.5, 0.6) is 5.75 Å². The van der Waals surface area contributed by atoms with E-state index in [4.69, 9.17) is 9.15 Å². The second kappa shape index (κ2) is 8.05. The number of para-hydroxylation sites is 2. The molecule has 1 amide bonds. The molecule has 28 heavy (non-hydrogen) atoms. The highest BCUT2D eigenvalue weighted by atomic mass is 16.5. The van der Waals surface area contributed by atoms with Crippen LogP contribution in [0, 0.1) is 13.8 Å². The van der Waals surface area contributed by atoms with E-state index in [0.29, 0.717) is 19.6 Å². The molecule has 1 aliphatic rings. The molecule has 0 radical (unpaired) electrons. The van der Waals surface area contributed by atoms with Gasteiger partial charge < -0.3 is 14.1 Å². The number of aromatic nitrogens is 1. The lowest BCUT2D eigenvalue weighted by Gasteiger charge is -2.31. The molecule has 1 aliphatic heterocycles. The van der Waals surface area contributed by atoms with Gasteiger partial charge in [-0.2, -0.15) is 0 Å². The molecule has 1 aromatic heterocycles. The molecule has 0 N–H and O–H groups in total. The van der Waals surface area contributed by atoms with Gasteiger partial charge in [0.1, 0.15) is 11.3 Å². The van der Waals surface area contributed by atoms with Crippen LogP contribution in [-0.4, -0.2) is 35.5 Å². The van der Waals surface area contributed by atoms with Crippen LogP contribution >= 0.6 is 0 Å². The minimum absolute atomic E-state index is 0.129. The molecule has 1 unspecified atom stereocenters. The summed E-state index contributed by atoms with van der Waals surface area (Å²) >= 11 is 0. The number of amides is 1. The summed E-state index contributed by atoms with van der Waals surface area (Å²) in [5.41, 5.74) is 4.12. The Morgan fingerprint density at radius 2 is 2.07 bits per heavy atom. The number of likely N-dealkylation sites (tertiary alicyclic amines) is 1. The van der Waals surface area contributed by atoms with Crippen molar-refractivity contribution in [2.45, 2.75) is 39.0 Å². The number of aryl methyl sites for hydroxylation is 2. The van der Waals surface area contributed by atoms with E-state index >= 15 is 0 Å². The molecule has 4 rings (SSSR count). The second-order valence-corrected chi connectivity index (χ2v) is 7.54. The fourth-order valence-corrected chi connectivity index (χ4v) is 3.69. The van der Waals surface area contributed by atoms with E-state index in [9.17, 15) is 4.79 Å². The van der Waals surface area contributed by atoms with Crippen molar-refractivity contribution >= 4 is 17.0 Å². The molecule has 0 aliphatic carbocycles. The summed E-state index contributed by atoms with van der Waals surface area (Å²) in [6, 6.07) is 13.8. The minimum Gasteiger partial charge on any atom is -0.493 e. The molecule has 3 aromatic rings. The fourth-order valence-electron chi connectivity index (χ4n) is 3.69. The number of carbonyl (C=O) groups is 1. The van der Waals surface area contributed by atoms with Crippen LogP contribution in [0.15, 0.2) is 46.9 Å². The minimum atomic E-state index is 0.129. The number of rotatable bonds is 5. The molecule has 1 saturated heterocycles. The van der Waals surface area contributed by atoms with Gasteiger partial charge in [0.25, 0.3) is 0 Å². The molecular weight excluding hydrogens is 352 g/mol. The van der Waals surface area contributed by atoms with E-state index < -0.39 is 0 Å². The van der Waals surface area contributed by atoms with Gasteiger partial charge in [0, 0.05) is 13.1 Å². The van der Waals surface area contributed by atoms with Crippen LogP contribution < -0.4 is 4.74 Å². The molecular formula is C23H26N2O3. The molecule has 2 aromatic carbocycles. The van der Waals surface area contributed by atoms with Gasteiger partial charge in [-0.3, -0.25) is 4.79 Å². The zero-order valence-corrected chi connectivity index (χ0v) is 16.5. The van der Waals surface area contributed by atoms with Crippen LogP contribution in [0.1, 0.15) is 42.2 Å². The Balaban J connectivity index is 1.33. The summed E-state index contributed by atoms with van der Waals surface area (Å²) in [6.45, 7) is 5.99. The van der Waals surface area contributed by atoms with Gasteiger partial charge >= 0.3 is 0 Å². The first-order valence-corrected chi connectivity index (χ1v) is 9.93. The van der Waals surface area contributed by atoms with Gasteiger partial charge in [0.2, 0.25) is 5.91 Å². The molecule has 2 heterocycles. The van der Waals surface area contributed by atoms with E-state index in [2.05, 4.69) is 18.8 Å². The van der Waals surface area contributed by atoms with Crippen molar-refractivity contribution in [2.75, 3.05) is 19.7 Å². The Hall–Kier alpha value is -2.82. The predicted octanol–water partition coefficient (Wildman–Crippen LogP) is 4.62. The number of hydrogen-bond donors (Lipinski definition) is 0. The van der Waals surface area contributed by atoms with Crippen molar-refractivity contribution in [3.63, 3.8) is 0 Å². The smallest absolute Gasteiger partial charge is 0.226 e. The Morgan fingerprint density at radius 1 is 1.21 bits per heavy atom. The highest BCUT2D eigenvalue weighted by Crippen LogP contribution is 2.29. The molecule has 146 valence electrons. The van der Waals surface area contributed by atoms with Gasteiger partial charge in [-0.25, -0.2) is 4.98 Å². The number of piperidine rings is 1. The Morgan fingerprint density at radius 3 is 2.89 bits per heavy atom. The third-order valence-electron chi connectivity index (χ3n) is 5.50. The summed E-state index contributed by atoms with van der Waals surface area (Å²) in [4.78, 5) is 19.2. The van der Waals surface area contributed by atoms with Crippen molar-refractivity contribution < 1.29 is 13.9 Å². The van der Waals surface area contributed by atoms with Crippen molar-refractivity contribution in [1.29, 1.82) is 0 Å². The average molecular weight is 378 g/mol. The standard InChI is InChI=1S/C23H26N2O3/c1-16-9-10-19(14-17(16)2)27-13-11-22(26)25-12-5-6-18(15-25)23-24-20-7-3-4-8-21(20)28-23/h3-4,7-10,14,18H,5-6,11-13,15H2,1-2H3. The first-order valence-electron chi connectivity index (χ1n) is 9.93. The van der Waals surface area contributed by atoms with Crippen molar-refractivity contribution in [1.82, 2.24) is 9.88 Å². The average Bonchev–Trinajstić information content (AvgIpc) is 3.15. The van der Waals surface area contributed by atoms with E-state index in [1.54, 1.807) is 0 Å².